The molecule has 1 aromatic carbocycles. The zero-order valence-corrected chi connectivity index (χ0v) is 11.7. The second-order valence-corrected chi connectivity index (χ2v) is 5.58. The summed E-state index contributed by atoms with van der Waals surface area (Å²) in [7, 11) is 0. The zero-order valence-electron chi connectivity index (χ0n) is 11.7. The molecule has 0 unspecified atom stereocenters. The van der Waals surface area contributed by atoms with Crippen molar-refractivity contribution in [1.29, 1.82) is 0 Å². The van der Waals surface area contributed by atoms with Gasteiger partial charge in [0.05, 0.1) is 5.52 Å². The fourth-order valence-corrected chi connectivity index (χ4v) is 3.17. The third kappa shape index (κ3) is 2.47. The fourth-order valence-electron chi connectivity index (χ4n) is 3.17. The van der Waals surface area contributed by atoms with E-state index in [0.717, 1.165) is 18.8 Å². The van der Waals surface area contributed by atoms with Gasteiger partial charge >= 0.3 is 0 Å². The van der Waals surface area contributed by atoms with Gasteiger partial charge in [-0.2, -0.15) is 0 Å². The Hall–Kier alpha value is -1.48. The summed E-state index contributed by atoms with van der Waals surface area (Å²) in [6, 6.07) is 6.95. The minimum atomic E-state index is 0.716. The van der Waals surface area contributed by atoms with E-state index >= 15 is 0 Å². The Morgan fingerprint density at radius 3 is 2.84 bits per heavy atom. The van der Waals surface area contributed by atoms with Gasteiger partial charge in [0.15, 0.2) is 0 Å². The van der Waals surface area contributed by atoms with Crippen LogP contribution >= 0.6 is 0 Å². The number of rotatable bonds is 4. The maximum absolute atomic E-state index is 5.90. The predicted octanol–water partition coefficient (Wildman–Crippen LogP) is 3.28. The number of benzene rings is 1. The van der Waals surface area contributed by atoms with Gasteiger partial charge in [0, 0.05) is 36.4 Å². The van der Waals surface area contributed by atoms with Crippen LogP contribution in [0.2, 0.25) is 0 Å². The Morgan fingerprint density at radius 1 is 1.32 bits per heavy atom. The first kappa shape index (κ1) is 12.5. The molecule has 1 saturated carbocycles. The molecule has 3 heteroatoms. The molecule has 19 heavy (non-hydrogen) atoms. The monoisotopic (exact) mass is 257 g/mol. The molecular weight excluding hydrogens is 234 g/mol. The average molecular weight is 257 g/mol. The molecule has 102 valence electrons. The molecule has 1 fully saturated rings. The lowest BCUT2D eigenvalue weighted by Crippen LogP contribution is -2.25. The van der Waals surface area contributed by atoms with Crippen LogP contribution in [0.25, 0.3) is 10.9 Å². The number of nitrogens with zero attached hydrogens (tertiary/aromatic N) is 1. The van der Waals surface area contributed by atoms with E-state index < -0.39 is 0 Å². The van der Waals surface area contributed by atoms with E-state index in [4.69, 9.17) is 5.73 Å². The van der Waals surface area contributed by atoms with E-state index in [1.807, 2.05) is 6.07 Å². The van der Waals surface area contributed by atoms with E-state index in [1.165, 1.54) is 42.1 Å². The van der Waals surface area contributed by atoms with Gasteiger partial charge in [0.1, 0.15) is 0 Å². The number of nitrogens with one attached hydrogen (secondary N) is 1. The van der Waals surface area contributed by atoms with Gasteiger partial charge in [0.2, 0.25) is 0 Å². The first-order chi connectivity index (χ1) is 9.28. The fraction of sp³-hybridized carbons (Fsp3) is 0.500. The van der Waals surface area contributed by atoms with Gasteiger partial charge < -0.3 is 15.6 Å². The molecule has 0 saturated heterocycles. The molecule has 0 amide bonds. The lowest BCUT2D eigenvalue weighted by molar-refractivity contribution is 0.525. The number of fused-ring (bicyclic) bond motifs is 1. The number of aromatic nitrogens is 1. The molecule has 3 N–H and O–H groups in total. The molecule has 3 rings (SSSR count). The maximum Gasteiger partial charge on any atom is 0.0504 e. The Morgan fingerprint density at radius 2 is 2.11 bits per heavy atom. The summed E-state index contributed by atoms with van der Waals surface area (Å²) in [5.74, 6) is 0. The zero-order chi connectivity index (χ0) is 13.2. The molecule has 2 aromatic rings. The highest BCUT2D eigenvalue weighted by molar-refractivity contribution is 5.86. The van der Waals surface area contributed by atoms with Crippen LogP contribution in [0, 0.1) is 0 Å². The van der Waals surface area contributed by atoms with Gasteiger partial charge in [-0.25, -0.2) is 0 Å². The number of hydrogen-bond acceptors (Lipinski definition) is 2. The van der Waals surface area contributed by atoms with Crippen molar-refractivity contribution in [2.45, 2.75) is 51.7 Å². The summed E-state index contributed by atoms with van der Waals surface area (Å²) in [5, 5.41) is 5.03. The van der Waals surface area contributed by atoms with Crippen molar-refractivity contribution in [2.24, 2.45) is 0 Å². The number of aryl methyl sites for hydroxylation is 1. The summed E-state index contributed by atoms with van der Waals surface area (Å²) in [6.07, 6.45) is 7.70. The van der Waals surface area contributed by atoms with Crippen LogP contribution in [-0.2, 0) is 13.1 Å². The van der Waals surface area contributed by atoms with Crippen LogP contribution < -0.4 is 11.1 Å². The van der Waals surface area contributed by atoms with Crippen molar-refractivity contribution in [3.63, 3.8) is 0 Å². The molecule has 3 nitrogen and oxygen atoms in total. The van der Waals surface area contributed by atoms with Crippen molar-refractivity contribution in [2.75, 3.05) is 5.73 Å². The molecule has 0 radical (unpaired) electrons. The number of hydrogen-bond donors (Lipinski definition) is 2. The van der Waals surface area contributed by atoms with E-state index in [-0.39, 0.29) is 0 Å². The minimum Gasteiger partial charge on any atom is -0.399 e. The first-order valence-electron chi connectivity index (χ1n) is 7.38. The normalized spacial score (nSPS) is 16.5. The topological polar surface area (TPSA) is 43.0 Å². The minimum absolute atomic E-state index is 0.716. The highest BCUT2D eigenvalue weighted by Gasteiger charge is 2.15. The Bertz CT molecular complexity index is 565. The molecule has 0 aliphatic heterocycles. The smallest absolute Gasteiger partial charge is 0.0504 e. The number of nitrogen functional groups attached to an aromatic ring is 1. The van der Waals surface area contributed by atoms with E-state index in [1.54, 1.807) is 0 Å². The van der Waals surface area contributed by atoms with Crippen LogP contribution in [0.5, 0.6) is 0 Å². The van der Waals surface area contributed by atoms with Crippen molar-refractivity contribution in [3.8, 4) is 0 Å². The van der Waals surface area contributed by atoms with Crippen LogP contribution in [0.15, 0.2) is 24.4 Å². The van der Waals surface area contributed by atoms with Crippen LogP contribution in [-0.4, -0.2) is 10.6 Å². The highest BCUT2D eigenvalue weighted by Crippen LogP contribution is 2.25. The lowest BCUT2D eigenvalue weighted by Gasteiger charge is -2.10. The molecule has 1 aliphatic rings. The second kappa shape index (κ2) is 5.25. The number of nitrogens with two attached hydrogens (primary N) is 1. The van der Waals surface area contributed by atoms with E-state index in [2.05, 4.69) is 35.1 Å². The summed E-state index contributed by atoms with van der Waals surface area (Å²) in [5.41, 5.74) is 9.39. The van der Waals surface area contributed by atoms with Gasteiger partial charge in [-0.1, -0.05) is 18.9 Å². The number of anilines is 1. The van der Waals surface area contributed by atoms with Crippen molar-refractivity contribution in [1.82, 2.24) is 9.88 Å². The summed E-state index contributed by atoms with van der Waals surface area (Å²) in [4.78, 5) is 0. The van der Waals surface area contributed by atoms with Crippen molar-refractivity contribution >= 4 is 16.6 Å². The van der Waals surface area contributed by atoms with Gasteiger partial charge in [-0.05, 0) is 37.5 Å². The van der Waals surface area contributed by atoms with Crippen LogP contribution in [0.4, 0.5) is 5.69 Å². The van der Waals surface area contributed by atoms with Gasteiger partial charge in [-0.3, -0.25) is 0 Å². The largest absolute Gasteiger partial charge is 0.399 e. The third-order valence-corrected chi connectivity index (χ3v) is 4.27. The van der Waals surface area contributed by atoms with Gasteiger partial charge in [0.25, 0.3) is 0 Å². The summed E-state index contributed by atoms with van der Waals surface area (Å²) in [6.45, 7) is 4.14. The molecule has 1 aromatic heterocycles. The Labute approximate surface area is 114 Å². The Balaban J connectivity index is 1.85. The highest BCUT2D eigenvalue weighted by atomic mass is 15.0. The molecular formula is C16H23N3. The van der Waals surface area contributed by atoms with E-state index in [0.29, 0.717) is 6.04 Å². The van der Waals surface area contributed by atoms with Gasteiger partial charge in [-0.15, -0.1) is 0 Å². The molecule has 0 spiro atoms. The summed E-state index contributed by atoms with van der Waals surface area (Å²) < 4.78 is 2.29. The SMILES string of the molecule is CCn1cc(CNC2CCCC2)c2ccc(N)cc21. The second-order valence-electron chi connectivity index (χ2n) is 5.58. The summed E-state index contributed by atoms with van der Waals surface area (Å²) >= 11 is 0. The molecule has 1 aliphatic carbocycles. The molecule has 1 heterocycles. The lowest BCUT2D eigenvalue weighted by atomic mass is 10.1. The average Bonchev–Trinajstić information content (AvgIpc) is 3.03. The van der Waals surface area contributed by atoms with Crippen molar-refractivity contribution < 1.29 is 0 Å². The predicted molar refractivity (Wildman–Crippen MR) is 81.1 cm³/mol. The molecule has 0 atom stereocenters. The quantitative estimate of drug-likeness (QED) is 0.825. The van der Waals surface area contributed by atoms with Crippen LogP contribution in [0.1, 0.15) is 38.2 Å². The van der Waals surface area contributed by atoms with Crippen molar-refractivity contribution in [3.05, 3.63) is 30.0 Å². The molecule has 0 bridgehead atoms. The Kier molecular flexibility index (Phi) is 3.47. The van der Waals surface area contributed by atoms with E-state index in [9.17, 15) is 0 Å². The maximum atomic E-state index is 5.90. The van der Waals surface area contributed by atoms with Crippen LogP contribution in [0.3, 0.4) is 0 Å². The standard InChI is InChI=1S/C16H23N3/c1-2-19-11-12(10-18-14-5-3-4-6-14)15-8-7-13(17)9-16(15)19/h7-9,11,14,18H,2-6,10,17H2,1H3. The first-order valence-corrected chi connectivity index (χ1v) is 7.38. The third-order valence-electron chi connectivity index (χ3n) is 4.27.